The highest BCUT2D eigenvalue weighted by atomic mass is 32.1. The summed E-state index contributed by atoms with van der Waals surface area (Å²) in [6, 6.07) is 3.86. The molecule has 70 valence electrons. The van der Waals surface area contributed by atoms with Gasteiger partial charge in [-0.2, -0.15) is 0 Å². The molecule has 13 heavy (non-hydrogen) atoms. The number of aliphatic hydroxyl groups is 1. The molecule has 0 saturated heterocycles. The molecular formula is C10H13NOS. The molecule has 0 aliphatic rings. The smallest absolute Gasteiger partial charge is 0.0774 e. The predicted molar refractivity (Wildman–Crippen MR) is 55.7 cm³/mol. The molecule has 1 aromatic heterocycles. The fourth-order valence-electron chi connectivity index (χ4n) is 0.867. The van der Waals surface area contributed by atoms with E-state index in [9.17, 15) is 0 Å². The number of rotatable bonds is 3. The van der Waals surface area contributed by atoms with E-state index in [4.69, 9.17) is 5.11 Å². The first-order valence-electron chi connectivity index (χ1n) is 4.20. The van der Waals surface area contributed by atoms with E-state index in [1.807, 2.05) is 19.2 Å². The van der Waals surface area contributed by atoms with Crippen LogP contribution in [0.15, 0.2) is 12.1 Å². The van der Waals surface area contributed by atoms with Gasteiger partial charge < -0.3 is 10.4 Å². The van der Waals surface area contributed by atoms with Gasteiger partial charge >= 0.3 is 0 Å². The fourth-order valence-corrected chi connectivity index (χ4v) is 1.61. The third-order valence-corrected chi connectivity index (χ3v) is 2.51. The standard InChI is InChI=1S/C10H13NOS/c1-11-7-3-2-4-9-5-6-10(8-12)13-9/h5-6,11-12H,3,7-8H2,1H3. The van der Waals surface area contributed by atoms with Gasteiger partial charge in [0, 0.05) is 17.8 Å². The first-order chi connectivity index (χ1) is 6.36. The topological polar surface area (TPSA) is 32.3 Å². The van der Waals surface area contributed by atoms with Crippen LogP contribution in [0.1, 0.15) is 16.2 Å². The van der Waals surface area contributed by atoms with Crippen LogP contribution in [0.2, 0.25) is 0 Å². The zero-order valence-electron chi connectivity index (χ0n) is 7.63. The van der Waals surface area contributed by atoms with Crippen molar-refractivity contribution in [3.05, 3.63) is 21.9 Å². The molecule has 0 aliphatic carbocycles. The van der Waals surface area contributed by atoms with Gasteiger partial charge in [0.05, 0.1) is 11.5 Å². The van der Waals surface area contributed by atoms with Gasteiger partial charge in [-0.25, -0.2) is 0 Å². The molecular weight excluding hydrogens is 182 g/mol. The molecule has 0 radical (unpaired) electrons. The number of nitrogens with one attached hydrogen (secondary N) is 1. The lowest BCUT2D eigenvalue weighted by Gasteiger charge is -1.86. The van der Waals surface area contributed by atoms with Crippen molar-refractivity contribution >= 4 is 11.3 Å². The van der Waals surface area contributed by atoms with E-state index in [1.165, 1.54) is 0 Å². The van der Waals surface area contributed by atoms with Crippen LogP contribution in [-0.2, 0) is 6.61 Å². The number of hydrogen-bond donors (Lipinski definition) is 2. The number of thiophene rings is 1. The summed E-state index contributed by atoms with van der Waals surface area (Å²) in [5.74, 6) is 6.11. The minimum atomic E-state index is 0.114. The van der Waals surface area contributed by atoms with Crippen LogP contribution in [-0.4, -0.2) is 18.7 Å². The Labute approximate surface area is 82.6 Å². The zero-order chi connectivity index (χ0) is 9.52. The van der Waals surface area contributed by atoms with E-state index in [1.54, 1.807) is 11.3 Å². The molecule has 0 aromatic carbocycles. The van der Waals surface area contributed by atoms with Crippen molar-refractivity contribution in [2.75, 3.05) is 13.6 Å². The average molecular weight is 195 g/mol. The predicted octanol–water partition coefficient (Wildman–Crippen LogP) is 1.20. The monoisotopic (exact) mass is 195 g/mol. The molecule has 0 bridgehead atoms. The Morgan fingerprint density at radius 2 is 2.38 bits per heavy atom. The molecule has 2 nitrogen and oxygen atoms in total. The Morgan fingerprint density at radius 3 is 3.00 bits per heavy atom. The van der Waals surface area contributed by atoms with E-state index in [0.29, 0.717) is 0 Å². The molecule has 0 fully saturated rings. The van der Waals surface area contributed by atoms with Gasteiger partial charge in [-0.3, -0.25) is 0 Å². The largest absolute Gasteiger partial charge is 0.391 e. The van der Waals surface area contributed by atoms with E-state index in [-0.39, 0.29) is 6.61 Å². The second-order valence-corrected chi connectivity index (χ2v) is 3.75. The Balaban J connectivity index is 2.46. The summed E-state index contributed by atoms with van der Waals surface area (Å²) in [4.78, 5) is 2.00. The third-order valence-electron chi connectivity index (χ3n) is 1.53. The molecule has 0 saturated carbocycles. The molecule has 0 amide bonds. The maximum atomic E-state index is 8.81. The molecule has 1 heterocycles. The second kappa shape index (κ2) is 5.76. The highest BCUT2D eigenvalue weighted by Crippen LogP contribution is 2.14. The van der Waals surface area contributed by atoms with Crippen LogP contribution < -0.4 is 5.32 Å². The average Bonchev–Trinajstić information content (AvgIpc) is 2.60. The van der Waals surface area contributed by atoms with Crippen LogP contribution in [0.3, 0.4) is 0 Å². The van der Waals surface area contributed by atoms with Crippen LogP contribution in [0, 0.1) is 11.8 Å². The zero-order valence-corrected chi connectivity index (χ0v) is 8.45. The summed E-state index contributed by atoms with van der Waals surface area (Å²) in [5, 5.41) is 11.8. The highest BCUT2D eigenvalue weighted by Gasteiger charge is 1.93. The molecule has 1 aromatic rings. The Bertz CT molecular complexity index is 308. The third kappa shape index (κ3) is 3.60. The molecule has 0 atom stereocenters. The van der Waals surface area contributed by atoms with E-state index in [0.717, 1.165) is 22.7 Å². The first kappa shape index (κ1) is 10.3. The van der Waals surface area contributed by atoms with Crippen LogP contribution in [0.5, 0.6) is 0 Å². The summed E-state index contributed by atoms with van der Waals surface area (Å²) in [5.41, 5.74) is 0. The van der Waals surface area contributed by atoms with Crippen molar-refractivity contribution in [1.82, 2.24) is 5.32 Å². The maximum absolute atomic E-state index is 8.81. The number of hydrogen-bond acceptors (Lipinski definition) is 3. The second-order valence-electron chi connectivity index (χ2n) is 2.58. The SMILES string of the molecule is CNCCC#Cc1ccc(CO)s1. The molecule has 0 spiro atoms. The van der Waals surface area contributed by atoms with E-state index >= 15 is 0 Å². The number of aliphatic hydroxyl groups excluding tert-OH is 1. The molecule has 3 heteroatoms. The van der Waals surface area contributed by atoms with Crippen LogP contribution in [0.25, 0.3) is 0 Å². The summed E-state index contributed by atoms with van der Waals surface area (Å²) < 4.78 is 0. The van der Waals surface area contributed by atoms with Crippen LogP contribution >= 0.6 is 11.3 Å². The van der Waals surface area contributed by atoms with Gasteiger partial charge in [0.25, 0.3) is 0 Å². The molecule has 2 N–H and O–H groups in total. The van der Waals surface area contributed by atoms with Crippen molar-refractivity contribution in [1.29, 1.82) is 0 Å². The minimum Gasteiger partial charge on any atom is -0.391 e. The van der Waals surface area contributed by atoms with Crippen molar-refractivity contribution in [2.24, 2.45) is 0 Å². The van der Waals surface area contributed by atoms with Crippen molar-refractivity contribution in [2.45, 2.75) is 13.0 Å². The summed E-state index contributed by atoms with van der Waals surface area (Å²) in [6.07, 6.45) is 0.864. The highest BCUT2D eigenvalue weighted by molar-refractivity contribution is 7.12. The Morgan fingerprint density at radius 1 is 1.54 bits per heavy atom. The van der Waals surface area contributed by atoms with Crippen molar-refractivity contribution in [3.8, 4) is 11.8 Å². The Kier molecular flexibility index (Phi) is 4.55. The van der Waals surface area contributed by atoms with E-state index in [2.05, 4.69) is 17.2 Å². The van der Waals surface area contributed by atoms with Gasteiger partial charge in [0.1, 0.15) is 0 Å². The van der Waals surface area contributed by atoms with Gasteiger partial charge in [-0.1, -0.05) is 11.8 Å². The van der Waals surface area contributed by atoms with E-state index < -0.39 is 0 Å². The van der Waals surface area contributed by atoms with Crippen molar-refractivity contribution < 1.29 is 5.11 Å². The lowest BCUT2D eigenvalue weighted by Crippen LogP contribution is -2.05. The quantitative estimate of drug-likeness (QED) is 0.561. The summed E-state index contributed by atoms with van der Waals surface area (Å²) in [7, 11) is 1.91. The summed E-state index contributed by atoms with van der Waals surface area (Å²) >= 11 is 1.55. The Hall–Kier alpha value is -0.820. The van der Waals surface area contributed by atoms with Crippen LogP contribution in [0.4, 0.5) is 0 Å². The van der Waals surface area contributed by atoms with Gasteiger partial charge in [-0.05, 0) is 19.2 Å². The molecule has 0 unspecified atom stereocenters. The minimum absolute atomic E-state index is 0.114. The molecule has 1 rings (SSSR count). The van der Waals surface area contributed by atoms with Crippen molar-refractivity contribution in [3.63, 3.8) is 0 Å². The van der Waals surface area contributed by atoms with Gasteiger partial charge in [0.15, 0.2) is 0 Å². The first-order valence-corrected chi connectivity index (χ1v) is 5.01. The molecule has 0 aliphatic heterocycles. The fraction of sp³-hybridized carbons (Fsp3) is 0.400. The maximum Gasteiger partial charge on any atom is 0.0774 e. The lowest BCUT2D eigenvalue weighted by molar-refractivity contribution is 0.285. The lowest BCUT2D eigenvalue weighted by atomic mass is 10.4. The van der Waals surface area contributed by atoms with Gasteiger partial charge in [0.2, 0.25) is 0 Å². The normalized spacial score (nSPS) is 9.38. The van der Waals surface area contributed by atoms with Gasteiger partial charge in [-0.15, -0.1) is 11.3 Å². The summed E-state index contributed by atoms with van der Waals surface area (Å²) in [6.45, 7) is 1.04.